The highest BCUT2D eigenvalue weighted by molar-refractivity contribution is 5.68. The fourth-order valence-electron chi connectivity index (χ4n) is 2.18. The molecule has 0 radical (unpaired) electrons. The molecule has 0 amide bonds. The van der Waals surface area contributed by atoms with Crippen LogP contribution in [0.1, 0.15) is 51.9 Å². The van der Waals surface area contributed by atoms with Crippen LogP contribution < -0.4 is 0 Å². The minimum atomic E-state index is -0.847. The van der Waals surface area contributed by atoms with Gasteiger partial charge in [0.05, 0.1) is 25.4 Å². The van der Waals surface area contributed by atoms with Crippen molar-refractivity contribution in [2.75, 3.05) is 7.11 Å². The van der Waals surface area contributed by atoms with Crippen molar-refractivity contribution in [3.63, 3.8) is 0 Å². The maximum atomic E-state index is 10.9. The van der Waals surface area contributed by atoms with E-state index < -0.39 is 18.3 Å². The molecular weight excluding hydrogens is 332 g/mol. The predicted molar refractivity (Wildman–Crippen MR) is 105 cm³/mol. The van der Waals surface area contributed by atoms with Crippen LogP contribution >= 0.6 is 0 Å². The average molecular weight is 366 g/mol. The molecule has 0 aromatic heterocycles. The number of aliphatic hydroxyl groups excluding tert-OH is 3. The van der Waals surface area contributed by atoms with Gasteiger partial charge in [-0.1, -0.05) is 74.8 Å². The van der Waals surface area contributed by atoms with E-state index in [-0.39, 0.29) is 5.97 Å². The Morgan fingerprint density at radius 1 is 0.885 bits per heavy atom. The summed E-state index contributed by atoms with van der Waals surface area (Å²) in [6, 6.07) is 0. The lowest BCUT2D eigenvalue weighted by Crippen LogP contribution is -2.23. The summed E-state index contributed by atoms with van der Waals surface area (Å²) in [5.74, 6) is -0.266. The van der Waals surface area contributed by atoms with Gasteiger partial charge in [-0.15, -0.1) is 0 Å². The summed E-state index contributed by atoms with van der Waals surface area (Å²) in [5, 5.41) is 29.3. The van der Waals surface area contributed by atoms with Crippen molar-refractivity contribution in [3.05, 3.63) is 48.6 Å². The Bertz CT molecular complexity index is 465. The molecule has 0 saturated heterocycles. The third-order valence-corrected chi connectivity index (χ3v) is 3.80. The Balaban J connectivity index is 3.96. The van der Waals surface area contributed by atoms with Gasteiger partial charge in [0.25, 0.3) is 0 Å². The summed E-state index contributed by atoms with van der Waals surface area (Å²) in [6.07, 6.45) is 16.7. The molecule has 0 aromatic rings. The number of allylic oxidation sites excluding steroid dienone is 6. The first-order valence-corrected chi connectivity index (χ1v) is 9.30. The van der Waals surface area contributed by atoms with Crippen molar-refractivity contribution >= 4 is 5.97 Å². The molecule has 5 heteroatoms. The summed E-state index contributed by atoms with van der Waals surface area (Å²) >= 11 is 0. The second kappa shape index (κ2) is 16.8. The minimum Gasteiger partial charge on any atom is -0.469 e. The summed E-state index contributed by atoms with van der Waals surface area (Å²) in [6.45, 7) is 2.10. The number of esters is 1. The van der Waals surface area contributed by atoms with Gasteiger partial charge in [-0.3, -0.25) is 4.79 Å². The molecular formula is C21H34O5. The summed E-state index contributed by atoms with van der Waals surface area (Å²) in [7, 11) is 1.35. The molecule has 0 aliphatic heterocycles. The Labute approximate surface area is 157 Å². The number of aliphatic hydroxyl groups is 3. The summed E-state index contributed by atoms with van der Waals surface area (Å²) in [4.78, 5) is 10.9. The van der Waals surface area contributed by atoms with E-state index in [9.17, 15) is 20.1 Å². The smallest absolute Gasteiger partial charge is 0.305 e. The Hall–Kier alpha value is -1.69. The van der Waals surface area contributed by atoms with Crippen LogP contribution in [-0.2, 0) is 9.53 Å². The molecule has 0 aliphatic carbocycles. The van der Waals surface area contributed by atoms with E-state index in [1.807, 2.05) is 0 Å². The number of carbonyl (C=O) groups excluding carboxylic acids is 1. The van der Waals surface area contributed by atoms with Crippen LogP contribution in [-0.4, -0.2) is 46.7 Å². The highest BCUT2D eigenvalue weighted by Gasteiger charge is 2.11. The number of carbonyl (C=O) groups is 1. The lowest BCUT2D eigenvalue weighted by molar-refractivity contribution is -0.140. The zero-order valence-electron chi connectivity index (χ0n) is 16.0. The molecule has 5 nitrogen and oxygen atoms in total. The first-order valence-electron chi connectivity index (χ1n) is 9.30. The predicted octanol–water partition coefficient (Wildman–Crippen LogP) is 3.22. The van der Waals surface area contributed by atoms with Crippen LogP contribution in [0.15, 0.2) is 48.6 Å². The quantitative estimate of drug-likeness (QED) is 0.250. The van der Waals surface area contributed by atoms with Crippen molar-refractivity contribution in [1.29, 1.82) is 0 Å². The third-order valence-electron chi connectivity index (χ3n) is 3.80. The van der Waals surface area contributed by atoms with Gasteiger partial charge in [0.2, 0.25) is 0 Å². The van der Waals surface area contributed by atoms with E-state index in [0.29, 0.717) is 25.7 Å². The number of unbranched alkanes of at least 4 members (excludes halogenated alkanes) is 2. The summed E-state index contributed by atoms with van der Waals surface area (Å²) in [5.41, 5.74) is 0. The fourth-order valence-corrected chi connectivity index (χ4v) is 2.18. The lowest BCUT2D eigenvalue weighted by atomic mass is 10.1. The molecule has 0 spiro atoms. The van der Waals surface area contributed by atoms with Crippen LogP contribution in [0.5, 0.6) is 0 Å². The molecule has 0 saturated carbocycles. The molecule has 3 atom stereocenters. The van der Waals surface area contributed by atoms with E-state index in [2.05, 4.69) is 11.7 Å². The van der Waals surface area contributed by atoms with Crippen LogP contribution in [0.25, 0.3) is 0 Å². The van der Waals surface area contributed by atoms with Crippen molar-refractivity contribution in [2.24, 2.45) is 0 Å². The maximum absolute atomic E-state index is 10.9. The van der Waals surface area contributed by atoms with Crippen molar-refractivity contribution < 1.29 is 24.9 Å². The Morgan fingerprint density at radius 3 is 2.12 bits per heavy atom. The minimum absolute atomic E-state index is 0.266. The van der Waals surface area contributed by atoms with Gasteiger partial charge < -0.3 is 20.1 Å². The molecule has 0 unspecified atom stereocenters. The first kappa shape index (κ1) is 24.3. The zero-order valence-corrected chi connectivity index (χ0v) is 16.0. The van der Waals surface area contributed by atoms with Crippen LogP contribution in [0, 0.1) is 0 Å². The van der Waals surface area contributed by atoms with Crippen LogP contribution in [0.4, 0.5) is 0 Å². The van der Waals surface area contributed by atoms with Crippen molar-refractivity contribution in [1.82, 2.24) is 0 Å². The van der Waals surface area contributed by atoms with Gasteiger partial charge in [0, 0.05) is 6.42 Å². The van der Waals surface area contributed by atoms with Gasteiger partial charge in [-0.25, -0.2) is 0 Å². The Kier molecular flexibility index (Phi) is 15.7. The van der Waals surface area contributed by atoms with E-state index >= 15 is 0 Å². The van der Waals surface area contributed by atoms with E-state index in [1.165, 1.54) is 7.11 Å². The lowest BCUT2D eigenvalue weighted by Gasteiger charge is -2.13. The Morgan fingerprint density at radius 2 is 1.50 bits per heavy atom. The van der Waals surface area contributed by atoms with E-state index in [1.54, 1.807) is 48.6 Å². The standard InChI is InChI=1S/C21H34O5/c1-3-4-9-15-19(23)20(24)16-11-8-6-5-7-10-13-18(22)14-12-17-21(25)26-2/h5-8,10-11,13,16,18-20,22-24H,3-4,9,12,14-15,17H2,1-2H3/b7-5+,8-6+,13-10-,16-11+/t18-,19+,20-/m1/s1. The highest BCUT2D eigenvalue weighted by atomic mass is 16.5. The normalized spacial score (nSPS) is 16.0. The topological polar surface area (TPSA) is 87.0 Å². The van der Waals surface area contributed by atoms with Crippen LogP contribution in [0.2, 0.25) is 0 Å². The molecule has 0 bridgehead atoms. The highest BCUT2D eigenvalue weighted by Crippen LogP contribution is 2.07. The SMILES string of the molecule is CCCCC[C@H](O)[C@H](O)/C=C/C=C/C=C/C=C\[C@@H](O)CCCC(=O)OC. The second-order valence-electron chi connectivity index (χ2n) is 6.13. The monoisotopic (exact) mass is 366 g/mol. The molecule has 148 valence electrons. The van der Waals surface area contributed by atoms with Crippen molar-refractivity contribution in [2.45, 2.75) is 70.2 Å². The van der Waals surface area contributed by atoms with Gasteiger partial charge in [-0.2, -0.15) is 0 Å². The number of hydrogen-bond acceptors (Lipinski definition) is 5. The summed E-state index contributed by atoms with van der Waals surface area (Å²) < 4.78 is 4.53. The van der Waals surface area contributed by atoms with Gasteiger partial charge in [0.15, 0.2) is 0 Å². The van der Waals surface area contributed by atoms with Crippen LogP contribution in [0.3, 0.4) is 0 Å². The molecule has 0 heterocycles. The van der Waals surface area contributed by atoms with Gasteiger partial charge >= 0.3 is 5.97 Å². The second-order valence-corrected chi connectivity index (χ2v) is 6.13. The van der Waals surface area contributed by atoms with Gasteiger partial charge in [-0.05, 0) is 19.3 Å². The van der Waals surface area contributed by atoms with Crippen molar-refractivity contribution in [3.8, 4) is 0 Å². The van der Waals surface area contributed by atoms with Gasteiger partial charge in [0.1, 0.15) is 0 Å². The molecule has 0 aromatic carbocycles. The molecule has 0 aliphatic rings. The van der Waals surface area contributed by atoms with E-state index in [4.69, 9.17) is 0 Å². The first-order chi connectivity index (χ1) is 12.5. The number of methoxy groups -OCH3 is 1. The molecule has 3 N–H and O–H groups in total. The zero-order chi connectivity index (χ0) is 19.6. The third kappa shape index (κ3) is 14.6. The average Bonchev–Trinajstić information content (AvgIpc) is 2.63. The number of hydrogen-bond donors (Lipinski definition) is 3. The van der Waals surface area contributed by atoms with E-state index in [0.717, 1.165) is 19.3 Å². The molecule has 0 fully saturated rings. The molecule has 26 heavy (non-hydrogen) atoms. The largest absolute Gasteiger partial charge is 0.469 e. The fraction of sp³-hybridized carbons (Fsp3) is 0.571. The molecule has 0 rings (SSSR count). The number of ether oxygens (including phenoxy) is 1. The maximum Gasteiger partial charge on any atom is 0.305 e. The number of rotatable bonds is 14.